The number of fused-ring (bicyclic) bond motifs is 3. The van der Waals surface area contributed by atoms with Gasteiger partial charge in [-0.2, -0.15) is 0 Å². The van der Waals surface area contributed by atoms with Crippen LogP contribution in [0.15, 0.2) is 170 Å². The Labute approximate surface area is 405 Å². The van der Waals surface area contributed by atoms with Gasteiger partial charge in [-0.15, -0.1) is 0 Å². The SMILES string of the molecule is C[C@H]([Se]c1ccccc1)[C@H](NC(=O)OCC1c2ccccc2-c2ccccc21)C(=O)N[C@@H](CCC(=O)NC(c1ccccc1)(c1ccccc1)c1ccccc1)C(=O)N(C)CC(=O)OC(C)(C)C. The van der Waals surface area contributed by atoms with E-state index < -0.39 is 64.4 Å². The van der Waals surface area contributed by atoms with Gasteiger partial charge in [-0.1, -0.05) is 54.6 Å². The summed E-state index contributed by atoms with van der Waals surface area (Å²) in [6, 6.07) is 52.3. The van der Waals surface area contributed by atoms with Crippen LogP contribution in [0.3, 0.4) is 0 Å². The van der Waals surface area contributed by atoms with E-state index in [-0.39, 0.29) is 40.3 Å². The number of hydrogen-bond acceptors (Lipinski definition) is 7. The maximum atomic E-state index is 14.7. The van der Waals surface area contributed by atoms with Crippen molar-refractivity contribution in [3.8, 4) is 11.1 Å². The van der Waals surface area contributed by atoms with E-state index in [9.17, 15) is 24.0 Å². The molecule has 0 unspecified atom stereocenters. The third-order valence-electron chi connectivity index (χ3n) is 11.8. The van der Waals surface area contributed by atoms with E-state index in [1.807, 2.05) is 165 Å². The van der Waals surface area contributed by atoms with Gasteiger partial charge in [0.1, 0.15) is 0 Å². The topological polar surface area (TPSA) is 143 Å². The van der Waals surface area contributed by atoms with Gasteiger partial charge in [0, 0.05) is 0 Å². The first-order valence-corrected chi connectivity index (χ1v) is 24.7. The Hall–Kier alpha value is -7.01. The van der Waals surface area contributed by atoms with Crippen LogP contribution >= 0.6 is 0 Å². The number of nitrogens with zero attached hydrogens (tertiary/aromatic N) is 1. The number of carbonyl (C=O) groups excluding carboxylic acids is 5. The normalized spacial score (nSPS) is 13.4. The summed E-state index contributed by atoms with van der Waals surface area (Å²) < 4.78 is 12.5. The van der Waals surface area contributed by atoms with Gasteiger partial charge in [0.15, 0.2) is 0 Å². The van der Waals surface area contributed by atoms with Gasteiger partial charge < -0.3 is 0 Å². The Balaban J connectivity index is 1.15. The van der Waals surface area contributed by atoms with Crippen molar-refractivity contribution in [1.29, 1.82) is 0 Å². The molecule has 4 amide bonds. The summed E-state index contributed by atoms with van der Waals surface area (Å²) in [4.78, 5) is 71.4. The molecule has 7 rings (SSSR count). The fraction of sp³-hybridized carbons (Fsp3) is 0.268. The van der Waals surface area contributed by atoms with Crippen molar-refractivity contribution in [1.82, 2.24) is 20.9 Å². The molecule has 6 aromatic carbocycles. The molecular formula is C56H58N4O7Se. The van der Waals surface area contributed by atoms with Crippen molar-refractivity contribution in [2.45, 2.75) is 74.5 Å². The van der Waals surface area contributed by atoms with E-state index >= 15 is 0 Å². The summed E-state index contributed by atoms with van der Waals surface area (Å²) in [6.45, 7) is 6.71. The van der Waals surface area contributed by atoms with E-state index in [0.29, 0.717) is 0 Å². The Kier molecular flexibility index (Phi) is 16.0. The van der Waals surface area contributed by atoms with Crippen molar-refractivity contribution in [3.05, 3.63) is 198 Å². The van der Waals surface area contributed by atoms with Crippen LogP contribution < -0.4 is 20.4 Å². The molecule has 6 aromatic rings. The van der Waals surface area contributed by atoms with Crippen molar-refractivity contribution in [2.24, 2.45) is 0 Å². The zero-order chi connectivity index (χ0) is 48.3. The van der Waals surface area contributed by atoms with Gasteiger partial charge in [0.2, 0.25) is 0 Å². The van der Waals surface area contributed by atoms with Gasteiger partial charge >= 0.3 is 352 Å². The molecule has 3 N–H and O–H groups in total. The average molecular weight is 978 g/mol. The Bertz CT molecular complexity index is 2540. The van der Waals surface area contributed by atoms with Crippen LogP contribution in [0.25, 0.3) is 11.1 Å². The van der Waals surface area contributed by atoms with Crippen LogP contribution in [0, 0.1) is 0 Å². The summed E-state index contributed by atoms with van der Waals surface area (Å²) >= 11 is -0.317. The van der Waals surface area contributed by atoms with Gasteiger partial charge in [-0.05, 0) is 0 Å². The first kappa shape index (κ1) is 48.9. The number of amides is 4. The Morgan fingerprint density at radius 1 is 0.647 bits per heavy atom. The van der Waals surface area contributed by atoms with E-state index in [4.69, 9.17) is 9.47 Å². The molecule has 0 bridgehead atoms. The second-order valence-corrected chi connectivity index (χ2v) is 20.9. The van der Waals surface area contributed by atoms with Crippen LogP contribution in [0.5, 0.6) is 0 Å². The van der Waals surface area contributed by atoms with E-state index in [1.54, 1.807) is 20.8 Å². The molecule has 12 heteroatoms. The number of hydrogen-bond donors (Lipinski definition) is 3. The van der Waals surface area contributed by atoms with Crippen molar-refractivity contribution in [2.75, 3.05) is 20.2 Å². The number of alkyl carbamates (subject to hydrolysis) is 1. The van der Waals surface area contributed by atoms with E-state index in [1.165, 1.54) is 11.9 Å². The fourth-order valence-corrected chi connectivity index (χ4v) is 11.0. The molecule has 0 aromatic heterocycles. The third-order valence-corrected chi connectivity index (χ3v) is 14.3. The molecule has 0 saturated heterocycles. The zero-order valence-corrected chi connectivity index (χ0v) is 40.7. The second kappa shape index (κ2) is 22.2. The van der Waals surface area contributed by atoms with Crippen molar-refractivity contribution >= 4 is 49.2 Å². The number of esters is 1. The number of likely N-dealkylation sites (N-methyl/N-ethyl adjacent to an activating group) is 1. The Morgan fingerprint density at radius 2 is 1.12 bits per heavy atom. The minimum atomic E-state index is -1.29. The summed E-state index contributed by atoms with van der Waals surface area (Å²) in [6.07, 6.45) is -1.12. The minimum absolute atomic E-state index is 0.0362. The van der Waals surface area contributed by atoms with Crippen LogP contribution in [0.2, 0.25) is 4.82 Å². The molecule has 68 heavy (non-hydrogen) atoms. The summed E-state index contributed by atoms with van der Waals surface area (Å²) in [5, 5.41) is 9.10. The molecule has 0 spiro atoms. The summed E-state index contributed by atoms with van der Waals surface area (Å²) in [5.41, 5.74) is 4.80. The van der Waals surface area contributed by atoms with Crippen LogP contribution in [0.4, 0.5) is 4.79 Å². The average Bonchev–Trinajstić information content (AvgIpc) is 3.66. The molecule has 11 nitrogen and oxygen atoms in total. The van der Waals surface area contributed by atoms with Gasteiger partial charge in [-0.3, -0.25) is 0 Å². The van der Waals surface area contributed by atoms with Gasteiger partial charge in [0.25, 0.3) is 0 Å². The second-order valence-electron chi connectivity index (χ2n) is 17.9. The number of rotatable bonds is 18. The number of benzene rings is 6. The molecular weight excluding hydrogens is 920 g/mol. The molecule has 350 valence electrons. The molecule has 3 atom stereocenters. The van der Waals surface area contributed by atoms with Gasteiger partial charge in [0.05, 0.1) is 0 Å². The first-order valence-electron chi connectivity index (χ1n) is 22.8. The fourth-order valence-electron chi connectivity index (χ4n) is 8.70. The summed E-state index contributed by atoms with van der Waals surface area (Å²) in [7, 11) is 1.45. The number of ether oxygens (including phenoxy) is 2. The van der Waals surface area contributed by atoms with Crippen molar-refractivity contribution in [3.63, 3.8) is 0 Å². The molecule has 0 saturated carbocycles. The monoisotopic (exact) mass is 978 g/mol. The van der Waals surface area contributed by atoms with Crippen LogP contribution in [0.1, 0.15) is 74.3 Å². The first-order chi connectivity index (χ1) is 32.7. The van der Waals surface area contributed by atoms with Crippen LogP contribution in [-0.2, 0) is 34.2 Å². The van der Waals surface area contributed by atoms with E-state index in [2.05, 4.69) is 28.1 Å². The van der Waals surface area contributed by atoms with Crippen LogP contribution in [-0.4, -0.2) is 87.5 Å². The number of nitrogens with one attached hydrogen (secondary N) is 3. The molecule has 0 heterocycles. The summed E-state index contributed by atoms with van der Waals surface area (Å²) in [5.74, 6) is -2.48. The van der Waals surface area contributed by atoms with Crippen molar-refractivity contribution < 1.29 is 33.4 Å². The molecule has 0 radical (unpaired) electrons. The quantitative estimate of drug-likeness (QED) is 0.0452. The molecule has 0 aliphatic heterocycles. The van der Waals surface area contributed by atoms with E-state index in [0.717, 1.165) is 43.4 Å². The molecule has 0 fully saturated rings. The predicted molar refractivity (Wildman–Crippen MR) is 265 cm³/mol. The zero-order valence-electron chi connectivity index (χ0n) is 39.0. The standard InChI is InChI=1S/C56H58N4O7Se/c1-38(68-42-28-16-9-17-29-42)51(58-54(65)66-37-47-45-32-20-18-30-43(45)44-31-19-21-33-46(44)47)52(63)57-48(53(64)60(5)36-50(62)67-55(2,3)4)34-35-49(61)59-56(39-22-10-6-11-23-39,40-24-12-7-13-25-40)41-26-14-8-15-27-41/h6-33,38,47-48,51H,34-37H2,1-5H3,(H,57,63)(H,58,65)(H,59,61)/t38-,48-,51-/m0/s1. The Morgan fingerprint density at radius 3 is 1.62 bits per heavy atom. The number of carbonyl (C=O) groups is 5. The third kappa shape index (κ3) is 11.9. The maximum absolute atomic E-state index is 14.7. The predicted octanol–water partition coefficient (Wildman–Crippen LogP) is 7.91. The molecule has 1 aliphatic rings. The van der Waals surface area contributed by atoms with Gasteiger partial charge in [-0.25, -0.2) is 0 Å². The molecule has 1 aliphatic carbocycles.